The van der Waals surface area contributed by atoms with Crippen molar-refractivity contribution in [1.29, 1.82) is 0 Å². The van der Waals surface area contributed by atoms with Gasteiger partial charge in [0.25, 0.3) is 0 Å². The van der Waals surface area contributed by atoms with Crippen LogP contribution in [0, 0.1) is 0 Å². The molecule has 0 fully saturated rings. The van der Waals surface area contributed by atoms with Gasteiger partial charge in [-0.05, 0) is 81.9 Å². The number of benzene rings is 12. The fourth-order valence-corrected chi connectivity index (χ4v) is 12.7. The third-order valence-corrected chi connectivity index (χ3v) is 16.7. The molecule has 0 bridgehead atoms. The number of fused-ring (bicyclic) bond motifs is 6. The van der Waals surface area contributed by atoms with Crippen molar-refractivity contribution in [3.05, 3.63) is 337 Å². The van der Waals surface area contributed by atoms with Gasteiger partial charge < -0.3 is 19.8 Å². The van der Waals surface area contributed by atoms with Crippen LogP contribution in [0.2, 0.25) is 0 Å². The van der Waals surface area contributed by atoms with Crippen LogP contribution in [-0.2, 0) is 0 Å². The lowest BCUT2D eigenvalue weighted by atomic mass is 9.88. The molecule has 0 saturated heterocycles. The molecule has 406 valence electrons. The van der Waals surface area contributed by atoms with Crippen molar-refractivity contribution < 1.29 is 0 Å². The first-order chi connectivity index (χ1) is 42.7. The molecular weight excluding hydrogens is 1050 g/mol. The van der Waals surface area contributed by atoms with E-state index in [9.17, 15) is 0 Å². The topological polar surface area (TPSA) is 83.4 Å². The normalized spacial score (nSPS) is 15.0. The van der Waals surface area contributed by atoms with E-state index >= 15 is 0 Å². The molecule has 8 heteroatoms. The van der Waals surface area contributed by atoms with Crippen molar-refractivity contribution in [3.63, 3.8) is 0 Å². The maximum atomic E-state index is 5.53. The number of rotatable bonds is 11. The highest BCUT2D eigenvalue weighted by atomic mass is 15.2. The number of amidine groups is 4. The largest absolute Gasteiger partial charge is 0.344 e. The summed E-state index contributed by atoms with van der Waals surface area (Å²) in [5.41, 5.74) is 18.9. The molecule has 0 saturated carbocycles. The van der Waals surface area contributed by atoms with Gasteiger partial charge in [-0.25, -0.2) is 20.0 Å². The standard InChI is InChI=1S/C78H54N8/c1-5-25-51(26-6-1)73-79-74(52-27-7-2-8-28-52)82-77(81-73)65-49-55(45-47-71(65)85-67-41-21-17-37-61(67)62-38-18-22-42-68(62)85)57-33-13-15-35-59(57)60-36-16-14-34-58(60)56-46-48-72(86-69-43-23-19-39-63(69)64-40-20-24-44-70(64)86)66(50-56)78-83-75(53-29-9-3-10-30-53)80-76(84-78)54-31-11-4-12-32-54/h1-50,77-78H,(H,79,81,82)(H,80,83,84). The van der Waals surface area contributed by atoms with Crippen molar-refractivity contribution in [2.45, 2.75) is 12.3 Å². The Morgan fingerprint density at radius 1 is 0.256 bits per heavy atom. The average Bonchev–Trinajstić information content (AvgIpc) is 2.33. The minimum Gasteiger partial charge on any atom is -0.344 e. The Morgan fingerprint density at radius 2 is 0.547 bits per heavy atom. The van der Waals surface area contributed by atoms with Gasteiger partial charge >= 0.3 is 0 Å². The Kier molecular flexibility index (Phi) is 12.5. The fraction of sp³-hybridized carbons (Fsp3) is 0.0256. The maximum absolute atomic E-state index is 5.53. The van der Waals surface area contributed by atoms with Gasteiger partial charge in [0.05, 0.1) is 33.4 Å². The molecule has 14 aromatic rings. The third kappa shape index (κ3) is 8.87. The van der Waals surface area contributed by atoms with Crippen LogP contribution < -0.4 is 10.6 Å². The van der Waals surface area contributed by atoms with E-state index in [1.807, 2.05) is 48.5 Å². The molecule has 2 aliphatic heterocycles. The minimum absolute atomic E-state index is 0.523. The second-order valence-corrected chi connectivity index (χ2v) is 21.8. The predicted molar refractivity (Wildman–Crippen MR) is 355 cm³/mol. The van der Waals surface area contributed by atoms with Crippen LogP contribution in [0.15, 0.2) is 323 Å². The van der Waals surface area contributed by atoms with Crippen LogP contribution in [0.5, 0.6) is 0 Å². The van der Waals surface area contributed by atoms with Gasteiger partial charge in [0.1, 0.15) is 24.0 Å². The lowest BCUT2D eigenvalue weighted by Crippen LogP contribution is -2.34. The molecule has 4 heterocycles. The zero-order valence-electron chi connectivity index (χ0n) is 46.7. The Hall–Kier alpha value is -11.5. The van der Waals surface area contributed by atoms with E-state index in [-0.39, 0.29) is 0 Å². The molecule has 2 N–H and O–H groups in total. The molecule has 0 radical (unpaired) electrons. The van der Waals surface area contributed by atoms with E-state index in [1.165, 1.54) is 21.5 Å². The van der Waals surface area contributed by atoms with E-state index < -0.39 is 12.3 Å². The molecule has 2 aliphatic rings. The second kappa shape index (κ2) is 21.4. The lowest BCUT2D eigenvalue weighted by Gasteiger charge is -2.27. The molecule has 86 heavy (non-hydrogen) atoms. The number of hydrogen-bond acceptors (Lipinski definition) is 6. The highest BCUT2D eigenvalue weighted by Gasteiger charge is 2.29. The molecule has 2 unspecified atom stereocenters. The highest BCUT2D eigenvalue weighted by molar-refractivity contribution is 6.15. The molecule has 2 aromatic heterocycles. The van der Waals surface area contributed by atoms with Crippen molar-refractivity contribution in [3.8, 4) is 44.8 Å². The van der Waals surface area contributed by atoms with Crippen LogP contribution in [0.25, 0.3) is 88.4 Å². The number of nitrogens with zero attached hydrogens (tertiary/aromatic N) is 6. The number of hydrogen-bond donors (Lipinski definition) is 2. The van der Waals surface area contributed by atoms with Crippen LogP contribution in [0.4, 0.5) is 0 Å². The van der Waals surface area contributed by atoms with Gasteiger partial charge in [0.15, 0.2) is 11.7 Å². The summed E-state index contributed by atoms with van der Waals surface area (Å²) in [5.74, 6) is 2.85. The van der Waals surface area contributed by atoms with E-state index in [0.29, 0.717) is 11.7 Å². The Morgan fingerprint density at radius 3 is 0.895 bits per heavy atom. The summed E-state index contributed by atoms with van der Waals surface area (Å²) in [6, 6.07) is 108. The first-order valence-electron chi connectivity index (χ1n) is 29.2. The minimum atomic E-state index is -0.523. The monoisotopic (exact) mass is 1100 g/mol. The first-order valence-corrected chi connectivity index (χ1v) is 29.2. The Labute approximate surface area is 497 Å². The van der Waals surface area contributed by atoms with Gasteiger partial charge in [-0.3, -0.25) is 0 Å². The maximum Gasteiger partial charge on any atom is 0.159 e. The summed E-state index contributed by atoms with van der Waals surface area (Å²) in [5, 5.41) is 12.5. The first kappa shape index (κ1) is 50.3. The van der Waals surface area contributed by atoms with E-state index in [0.717, 1.165) is 112 Å². The quantitative estimate of drug-likeness (QED) is 0.135. The number of para-hydroxylation sites is 4. The Bertz CT molecular complexity index is 4630. The Balaban J connectivity index is 0.886. The van der Waals surface area contributed by atoms with Gasteiger partial charge in [-0.2, -0.15) is 0 Å². The van der Waals surface area contributed by atoms with Crippen molar-refractivity contribution in [2.24, 2.45) is 20.0 Å². The predicted octanol–water partition coefficient (Wildman–Crippen LogP) is 17.9. The smallest absolute Gasteiger partial charge is 0.159 e. The molecule has 0 spiro atoms. The molecule has 0 aliphatic carbocycles. The molecule has 2 atom stereocenters. The van der Waals surface area contributed by atoms with Crippen molar-refractivity contribution in [2.75, 3.05) is 0 Å². The summed E-state index contributed by atoms with van der Waals surface area (Å²) < 4.78 is 4.81. The average molecular weight is 1100 g/mol. The lowest BCUT2D eigenvalue weighted by molar-refractivity contribution is 0.671. The van der Waals surface area contributed by atoms with Crippen LogP contribution in [0.3, 0.4) is 0 Å². The van der Waals surface area contributed by atoms with E-state index in [4.69, 9.17) is 20.0 Å². The van der Waals surface area contributed by atoms with E-state index in [1.54, 1.807) is 0 Å². The van der Waals surface area contributed by atoms with Crippen LogP contribution in [0.1, 0.15) is 45.7 Å². The fourth-order valence-electron chi connectivity index (χ4n) is 12.7. The molecule has 12 aromatic carbocycles. The second-order valence-electron chi connectivity index (χ2n) is 21.8. The zero-order valence-corrected chi connectivity index (χ0v) is 46.7. The van der Waals surface area contributed by atoms with E-state index in [2.05, 4.69) is 275 Å². The van der Waals surface area contributed by atoms with Gasteiger partial charge in [0.2, 0.25) is 0 Å². The van der Waals surface area contributed by atoms with Gasteiger partial charge in [-0.15, -0.1) is 0 Å². The summed E-state index contributed by atoms with van der Waals surface area (Å²) in [6.07, 6.45) is -1.05. The highest BCUT2D eigenvalue weighted by Crippen LogP contribution is 2.44. The zero-order chi connectivity index (χ0) is 56.9. The van der Waals surface area contributed by atoms with Crippen molar-refractivity contribution in [1.82, 2.24) is 19.8 Å². The SMILES string of the molecule is c1ccc(C2=NC(c3cc(-c4ccccc4-c4ccccc4-c4ccc(-n5c6ccccc6c6ccccc65)c(C5N=C(c6ccccc6)N=C(c6ccccc6)N5)c4)ccc3-n3c4ccccc4c4ccccc43)NC(c3ccccc3)=N2)cc1. The molecule has 0 amide bonds. The van der Waals surface area contributed by atoms with Crippen LogP contribution >= 0.6 is 0 Å². The summed E-state index contributed by atoms with van der Waals surface area (Å²) >= 11 is 0. The molecule has 16 rings (SSSR count). The molecular formula is C78H54N8. The molecule has 8 nitrogen and oxygen atoms in total. The van der Waals surface area contributed by atoms with Crippen LogP contribution in [-0.4, -0.2) is 32.5 Å². The number of nitrogens with one attached hydrogen (secondary N) is 2. The number of aromatic nitrogens is 2. The number of aliphatic imine (C=N–C) groups is 4. The summed E-state index contributed by atoms with van der Waals surface area (Å²) in [6.45, 7) is 0. The summed E-state index contributed by atoms with van der Waals surface area (Å²) in [7, 11) is 0. The van der Waals surface area contributed by atoms with Gasteiger partial charge in [0, 0.05) is 54.9 Å². The van der Waals surface area contributed by atoms with Crippen molar-refractivity contribution >= 4 is 67.0 Å². The third-order valence-electron chi connectivity index (χ3n) is 16.7. The van der Waals surface area contributed by atoms with Gasteiger partial charge in [-0.1, -0.05) is 255 Å². The summed E-state index contributed by atoms with van der Waals surface area (Å²) in [4.78, 5) is 21.5.